The highest BCUT2D eigenvalue weighted by Gasteiger charge is 2.08. The summed E-state index contributed by atoms with van der Waals surface area (Å²) >= 11 is 5.71. The first-order valence-corrected chi connectivity index (χ1v) is 5.76. The molecule has 0 saturated carbocycles. The molecular weight excluding hydrogens is 258 g/mol. The molecule has 0 saturated heterocycles. The number of rotatable bonds is 3. The highest BCUT2D eigenvalue weighted by atomic mass is 35.5. The fourth-order valence-electron chi connectivity index (χ4n) is 1.61. The zero-order chi connectivity index (χ0) is 13.1. The molecule has 1 atom stereocenters. The molecule has 2 nitrogen and oxygen atoms in total. The zero-order valence-corrected chi connectivity index (χ0v) is 10.4. The second-order valence-electron chi connectivity index (χ2n) is 3.93. The van der Waals surface area contributed by atoms with E-state index in [-0.39, 0.29) is 11.1 Å². The third-order valence-electron chi connectivity index (χ3n) is 2.53. The number of nitrogens with zero attached hydrogens (tertiary/aromatic N) is 1. The van der Waals surface area contributed by atoms with Gasteiger partial charge in [0.25, 0.3) is 0 Å². The van der Waals surface area contributed by atoms with Crippen molar-refractivity contribution in [2.24, 2.45) is 0 Å². The number of pyridine rings is 1. The van der Waals surface area contributed by atoms with Gasteiger partial charge >= 0.3 is 0 Å². The molecule has 0 fully saturated rings. The Labute approximate surface area is 109 Å². The van der Waals surface area contributed by atoms with E-state index in [2.05, 4.69) is 10.3 Å². The molecule has 2 aromatic rings. The second kappa shape index (κ2) is 5.31. The van der Waals surface area contributed by atoms with Crippen LogP contribution in [0.1, 0.15) is 18.5 Å². The fourth-order valence-corrected chi connectivity index (χ4v) is 1.79. The van der Waals surface area contributed by atoms with E-state index >= 15 is 0 Å². The van der Waals surface area contributed by atoms with Crippen LogP contribution in [-0.4, -0.2) is 4.98 Å². The largest absolute Gasteiger partial charge is 0.377 e. The van der Waals surface area contributed by atoms with Gasteiger partial charge in [-0.2, -0.15) is 0 Å². The Hall–Kier alpha value is -1.68. The highest BCUT2D eigenvalue weighted by molar-refractivity contribution is 6.30. The summed E-state index contributed by atoms with van der Waals surface area (Å²) in [6.07, 6.45) is 2.65. The highest BCUT2D eigenvalue weighted by Crippen LogP contribution is 2.23. The maximum atomic E-state index is 13.0. The van der Waals surface area contributed by atoms with Gasteiger partial charge in [-0.1, -0.05) is 17.7 Å². The minimum absolute atomic E-state index is 0.0681. The lowest BCUT2D eigenvalue weighted by Crippen LogP contribution is -2.07. The molecule has 1 aromatic heterocycles. The van der Waals surface area contributed by atoms with Crippen LogP contribution in [0.5, 0.6) is 0 Å². The maximum absolute atomic E-state index is 13.0. The number of hydrogen-bond donors (Lipinski definition) is 1. The summed E-state index contributed by atoms with van der Waals surface area (Å²) in [7, 11) is 0. The molecule has 94 valence electrons. The summed E-state index contributed by atoms with van der Waals surface area (Å²) < 4.78 is 26.0. The van der Waals surface area contributed by atoms with Gasteiger partial charge in [0.05, 0.1) is 23.1 Å². The van der Waals surface area contributed by atoms with Crippen molar-refractivity contribution in [1.29, 1.82) is 0 Å². The van der Waals surface area contributed by atoms with Crippen LogP contribution in [0.15, 0.2) is 36.7 Å². The lowest BCUT2D eigenvalue weighted by atomic mass is 10.1. The molecule has 18 heavy (non-hydrogen) atoms. The topological polar surface area (TPSA) is 24.9 Å². The monoisotopic (exact) mass is 268 g/mol. The van der Waals surface area contributed by atoms with Crippen LogP contribution in [0.25, 0.3) is 0 Å². The van der Waals surface area contributed by atoms with Gasteiger partial charge in [0.15, 0.2) is 0 Å². The Kier molecular flexibility index (Phi) is 3.77. The minimum Gasteiger partial charge on any atom is -0.377 e. The van der Waals surface area contributed by atoms with Gasteiger partial charge in [0.1, 0.15) is 11.6 Å². The van der Waals surface area contributed by atoms with Crippen molar-refractivity contribution < 1.29 is 8.78 Å². The Balaban J connectivity index is 2.16. The molecule has 0 radical (unpaired) electrons. The summed E-state index contributed by atoms with van der Waals surface area (Å²) in [5.74, 6) is -0.871. The number of nitrogens with one attached hydrogen (secondary N) is 1. The smallest absolute Gasteiger partial charge is 0.143 e. The summed E-state index contributed by atoms with van der Waals surface area (Å²) in [6, 6.07) is 5.69. The van der Waals surface area contributed by atoms with Crippen LogP contribution >= 0.6 is 11.6 Å². The fraction of sp³-hybridized carbons (Fsp3) is 0.154. The predicted octanol–water partition coefficient (Wildman–Crippen LogP) is 4.19. The van der Waals surface area contributed by atoms with Gasteiger partial charge in [-0.15, -0.1) is 0 Å². The van der Waals surface area contributed by atoms with E-state index in [0.717, 1.165) is 11.8 Å². The van der Waals surface area contributed by atoms with Gasteiger partial charge in [0.2, 0.25) is 0 Å². The van der Waals surface area contributed by atoms with E-state index < -0.39 is 11.6 Å². The predicted molar refractivity (Wildman–Crippen MR) is 67.6 cm³/mol. The van der Waals surface area contributed by atoms with E-state index in [1.54, 1.807) is 12.1 Å². The first kappa shape index (κ1) is 12.8. The van der Waals surface area contributed by atoms with Crippen molar-refractivity contribution in [1.82, 2.24) is 4.98 Å². The van der Waals surface area contributed by atoms with Crippen molar-refractivity contribution in [2.75, 3.05) is 5.32 Å². The average molecular weight is 269 g/mol. The standard InChI is InChI=1S/C13H11ClF2N2/c1-8(9-2-3-13(16)12(14)4-9)18-11-5-10(15)6-17-7-11/h2-8,18H,1H3. The molecule has 0 bridgehead atoms. The molecule has 1 heterocycles. The first-order chi connectivity index (χ1) is 8.56. The molecule has 5 heteroatoms. The first-order valence-electron chi connectivity index (χ1n) is 5.38. The molecule has 0 aliphatic rings. The van der Waals surface area contributed by atoms with E-state index in [1.807, 2.05) is 6.92 Å². The lowest BCUT2D eigenvalue weighted by Gasteiger charge is -2.15. The molecular formula is C13H11ClF2N2. The van der Waals surface area contributed by atoms with Gasteiger partial charge < -0.3 is 5.32 Å². The van der Waals surface area contributed by atoms with Crippen molar-refractivity contribution >= 4 is 17.3 Å². The number of anilines is 1. The summed E-state index contributed by atoms with van der Waals surface area (Å²) in [4.78, 5) is 3.74. The third kappa shape index (κ3) is 2.96. The van der Waals surface area contributed by atoms with Gasteiger partial charge in [0, 0.05) is 12.1 Å². The van der Waals surface area contributed by atoms with Crippen LogP contribution in [0.4, 0.5) is 14.5 Å². The number of hydrogen-bond acceptors (Lipinski definition) is 2. The third-order valence-corrected chi connectivity index (χ3v) is 2.82. The molecule has 1 aromatic carbocycles. The summed E-state index contributed by atoms with van der Waals surface area (Å²) in [6.45, 7) is 1.87. The van der Waals surface area contributed by atoms with Crippen molar-refractivity contribution in [2.45, 2.75) is 13.0 Å². The van der Waals surface area contributed by atoms with Crippen LogP contribution in [0.2, 0.25) is 5.02 Å². The number of halogens is 3. The van der Waals surface area contributed by atoms with Crippen LogP contribution in [0.3, 0.4) is 0 Å². The molecule has 0 amide bonds. The van der Waals surface area contributed by atoms with Gasteiger partial charge in [-0.3, -0.25) is 4.98 Å². The quantitative estimate of drug-likeness (QED) is 0.903. The Morgan fingerprint density at radius 1 is 1.22 bits per heavy atom. The van der Waals surface area contributed by atoms with Crippen molar-refractivity contribution in [3.05, 3.63) is 58.9 Å². The van der Waals surface area contributed by atoms with E-state index in [0.29, 0.717) is 5.69 Å². The van der Waals surface area contributed by atoms with Gasteiger partial charge in [-0.05, 0) is 24.6 Å². The van der Waals surface area contributed by atoms with Crippen LogP contribution < -0.4 is 5.32 Å². The van der Waals surface area contributed by atoms with E-state index in [1.165, 1.54) is 18.3 Å². The maximum Gasteiger partial charge on any atom is 0.143 e. The molecule has 0 aliphatic carbocycles. The number of aromatic nitrogens is 1. The summed E-state index contributed by atoms with van der Waals surface area (Å²) in [5, 5.41) is 3.13. The summed E-state index contributed by atoms with van der Waals surface area (Å²) in [5.41, 5.74) is 1.37. The average Bonchev–Trinajstić information content (AvgIpc) is 2.32. The minimum atomic E-state index is -0.458. The van der Waals surface area contributed by atoms with Crippen molar-refractivity contribution in [3.8, 4) is 0 Å². The van der Waals surface area contributed by atoms with E-state index in [4.69, 9.17) is 11.6 Å². The molecule has 1 unspecified atom stereocenters. The second-order valence-corrected chi connectivity index (χ2v) is 4.34. The van der Waals surface area contributed by atoms with E-state index in [9.17, 15) is 8.78 Å². The molecule has 2 rings (SSSR count). The van der Waals surface area contributed by atoms with Crippen LogP contribution in [-0.2, 0) is 0 Å². The molecule has 0 aliphatic heterocycles. The number of benzene rings is 1. The van der Waals surface area contributed by atoms with Crippen molar-refractivity contribution in [3.63, 3.8) is 0 Å². The molecule has 1 N–H and O–H groups in total. The Morgan fingerprint density at radius 3 is 2.67 bits per heavy atom. The normalized spacial score (nSPS) is 12.2. The molecule has 0 spiro atoms. The SMILES string of the molecule is CC(Nc1cncc(F)c1)c1ccc(F)c(Cl)c1. The van der Waals surface area contributed by atoms with Crippen LogP contribution in [0, 0.1) is 11.6 Å². The Morgan fingerprint density at radius 2 is 2.00 bits per heavy atom. The lowest BCUT2D eigenvalue weighted by molar-refractivity contribution is 0.621. The van der Waals surface area contributed by atoms with Gasteiger partial charge in [-0.25, -0.2) is 8.78 Å². The zero-order valence-electron chi connectivity index (χ0n) is 9.62. The Bertz CT molecular complexity index is 560.